The van der Waals surface area contributed by atoms with Crippen molar-refractivity contribution in [3.05, 3.63) is 29.8 Å². The van der Waals surface area contributed by atoms with Gasteiger partial charge in [-0.3, -0.25) is 0 Å². The molecule has 1 fully saturated rings. The van der Waals surface area contributed by atoms with E-state index in [-0.39, 0.29) is 0 Å². The molecule has 0 nitrogen and oxygen atoms in total. The Kier molecular flexibility index (Phi) is 5.25. The summed E-state index contributed by atoms with van der Waals surface area (Å²) in [5.74, 6) is 0. The zero-order chi connectivity index (χ0) is 12.8. The van der Waals surface area contributed by atoms with Gasteiger partial charge in [-0.05, 0) is 41.7 Å². The van der Waals surface area contributed by atoms with Gasteiger partial charge >= 0.3 is 0 Å². The standard InChI is InChI=1S/C17H27P/c1-3-4-10-15-11-6-7-12-16(15)18-17(2)13-8-5-9-14-17/h6-7,11-12,18H,3-5,8-10,13-14H2,1-2H3. The van der Waals surface area contributed by atoms with Gasteiger partial charge in [0, 0.05) is 0 Å². The van der Waals surface area contributed by atoms with E-state index in [9.17, 15) is 0 Å². The summed E-state index contributed by atoms with van der Waals surface area (Å²) in [5.41, 5.74) is 1.62. The summed E-state index contributed by atoms with van der Waals surface area (Å²) in [6.45, 7) is 4.80. The first-order chi connectivity index (χ1) is 8.73. The Balaban J connectivity index is 2.07. The Morgan fingerprint density at radius 3 is 2.56 bits per heavy atom. The van der Waals surface area contributed by atoms with Crippen molar-refractivity contribution in [2.24, 2.45) is 0 Å². The maximum atomic E-state index is 2.52. The maximum Gasteiger partial charge on any atom is -0.0110 e. The van der Waals surface area contributed by atoms with E-state index in [1.165, 1.54) is 51.4 Å². The molecule has 100 valence electrons. The Hall–Kier alpha value is -0.350. The summed E-state index contributed by atoms with van der Waals surface area (Å²) in [6.07, 6.45) is 11.1. The summed E-state index contributed by atoms with van der Waals surface area (Å²) in [7, 11) is 1.02. The van der Waals surface area contributed by atoms with Gasteiger partial charge in [0.05, 0.1) is 0 Å². The van der Waals surface area contributed by atoms with E-state index in [4.69, 9.17) is 0 Å². The third-order valence-corrected chi connectivity index (χ3v) is 6.07. The van der Waals surface area contributed by atoms with Crippen LogP contribution in [-0.2, 0) is 6.42 Å². The van der Waals surface area contributed by atoms with Gasteiger partial charge in [-0.1, -0.05) is 72.4 Å². The van der Waals surface area contributed by atoms with Crippen molar-refractivity contribution in [3.63, 3.8) is 0 Å². The maximum absolute atomic E-state index is 2.52. The van der Waals surface area contributed by atoms with Crippen LogP contribution in [0.25, 0.3) is 0 Å². The molecule has 18 heavy (non-hydrogen) atoms. The molecule has 0 saturated heterocycles. The molecule has 2 rings (SSSR count). The second kappa shape index (κ2) is 6.71. The summed E-state index contributed by atoms with van der Waals surface area (Å²) in [6, 6.07) is 9.17. The van der Waals surface area contributed by atoms with E-state index in [0.29, 0.717) is 5.16 Å². The molecule has 1 atom stereocenters. The lowest BCUT2D eigenvalue weighted by molar-refractivity contribution is 0.419. The number of unbranched alkanes of at least 4 members (excludes halogenated alkanes) is 1. The van der Waals surface area contributed by atoms with E-state index >= 15 is 0 Å². The number of rotatable bonds is 5. The van der Waals surface area contributed by atoms with Crippen molar-refractivity contribution < 1.29 is 0 Å². The zero-order valence-electron chi connectivity index (χ0n) is 12.0. The largest absolute Gasteiger partial charge is 0.0840 e. The molecule has 1 aliphatic carbocycles. The minimum Gasteiger partial charge on any atom is -0.0840 e. The number of benzene rings is 1. The van der Waals surface area contributed by atoms with Crippen LogP contribution in [0.4, 0.5) is 0 Å². The molecular formula is C17H27P. The Bertz CT molecular complexity index is 364. The molecule has 0 aromatic heterocycles. The lowest BCUT2D eigenvalue weighted by atomic mass is 9.90. The average Bonchev–Trinajstić information content (AvgIpc) is 2.38. The SMILES string of the molecule is CCCCc1ccccc1PC1(C)CCCCC1. The van der Waals surface area contributed by atoms with Gasteiger partial charge in [-0.25, -0.2) is 0 Å². The minimum absolute atomic E-state index is 0.598. The molecule has 0 spiro atoms. The van der Waals surface area contributed by atoms with Gasteiger partial charge in [0.15, 0.2) is 0 Å². The van der Waals surface area contributed by atoms with Crippen LogP contribution < -0.4 is 5.30 Å². The van der Waals surface area contributed by atoms with Crippen LogP contribution >= 0.6 is 8.58 Å². The fourth-order valence-electron chi connectivity index (χ4n) is 3.01. The molecule has 0 amide bonds. The van der Waals surface area contributed by atoms with Gasteiger partial charge in [-0.15, -0.1) is 0 Å². The van der Waals surface area contributed by atoms with Gasteiger partial charge in [0.2, 0.25) is 0 Å². The van der Waals surface area contributed by atoms with Crippen molar-refractivity contribution in [2.45, 2.75) is 70.4 Å². The monoisotopic (exact) mass is 262 g/mol. The first-order valence-corrected chi connectivity index (χ1v) is 8.60. The lowest BCUT2D eigenvalue weighted by Crippen LogP contribution is -2.25. The molecule has 0 N–H and O–H groups in total. The van der Waals surface area contributed by atoms with E-state index < -0.39 is 0 Å². The highest BCUT2D eigenvalue weighted by Crippen LogP contribution is 2.43. The lowest BCUT2D eigenvalue weighted by Gasteiger charge is -2.34. The van der Waals surface area contributed by atoms with E-state index in [1.54, 1.807) is 10.9 Å². The molecular weight excluding hydrogens is 235 g/mol. The topological polar surface area (TPSA) is 0 Å². The summed E-state index contributed by atoms with van der Waals surface area (Å²) >= 11 is 0. The highest BCUT2D eigenvalue weighted by molar-refractivity contribution is 7.49. The van der Waals surface area contributed by atoms with Gasteiger partial charge in [-0.2, -0.15) is 0 Å². The molecule has 0 heterocycles. The zero-order valence-corrected chi connectivity index (χ0v) is 13.0. The van der Waals surface area contributed by atoms with Crippen LogP contribution in [0.2, 0.25) is 0 Å². The molecule has 1 saturated carbocycles. The molecule has 1 aromatic rings. The predicted octanol–water partition coefficient (Wildman–Crippen LogP) is 5.06. The number of aryl methyl sites for hydroxylation is 1. The summed E-state index contributed by atoms with van der Waals surface area (Å²) in [5, 5.41) is 2.25. The molecule has 1 unspecified atom stereocenters. The number of hydrogen-bond donors (Lipinski definition) is 0. The fraction of sp³-hybridized carbons (Fsp3) is 0.647. The predicted molar refractivity (Wildman–Crippen MR) is 84.5 cm³/mol. The molecule has 1 aromatic carbocycles. The molecule has 0 aliphatic heterocycles. The Morgan fingerprint density at radius 2 is 1.83 bits per heavy atom. The van der Waals surface area contributed by atoms with Crippen molar-refractivity contribution in [2.75, 3.05) is 0 Å². The highest BCUT2D eigenvalue weighted by atomic mass is 31.1. The molecule has 1 heteroatoms. The second-order valence-corrected chi connectivity index (χ2v) is 8.00. The van der Waals surface area contributed by atoms with Crippen molar-refractivity contribution in [1.82, 2.24) is 0 Å². The molecule has 1 aliphatic rings. The Labute approximate surface area is 114 Å². The third-order valence-electron chi connectivity index (χ3n) is 4.21. The van der Waals surface area contributed by atoms with Crippen LogP contribution in [0.5, 0.6) is 0 Å². The van der Waals surface area contributed by atoms with Crippen LogP contribution in [0.1, 0.15) is 64.4 Å². The minimum atomic E-state index is 0.598. The van der Waals surface area contributed by atoms with Crippen LogP contribution in [-0.4, -0.2) is 5.16 Å². The smallest absolute Gasteiger partial charge is 0.0110 e. The quantitative estimate of drug-likeness (QED) is 0.651. The van der Waals surface area contributed by atoms with Crippen molar-refractivity contribution in [3.8, 4) is 0 Å². The third kappa shape index (κ3) is 3.82. The first-order valence-electron chi connectivity index (χ1n) is 7.60. The summed E-state index contributed by atoms with van der Waals surface area (Å²) in [4.78, 5) is 0. The Morgan fingerprint density at radius 1 is 1.11 bits per heavy atom. The first kappa shape index (κ1) is 14.1. The second-order valence-electron chi connectivity index (χ2n) is 6.01. The van der Waals surface area contributed by atoms with E-state index in [0.717, 1.165) is 8.58 Å². The van der Waals surface area contributed by atoms with Gasteiger partial charge < -0.3 is 0 Å². The van der Waals surface area contributed by atoms with E-state index in [2.05, 4.69) is 38.1 Å². The van der Waals surface area contributed by atoms with Crippen LogP contribution in [0.15, 0.2) is 24.3 Å². The van der Waals surface area contributed by atoms with Crippen molar-refractivity contribution in [1.29, 1.82) is 0 Å². The molecule has 0 bridgehead atoms. The highest BCUT2D eigenvalue weighted by Gasteiger charge is 2.27. The van der Waals surface area contributed by atoms with Crippen LogP contribution in [0.3, 0.4) is 0 Å². The normalized spacial score (nSPS) is 19.4. The average molecular weight is 262 g/mol. The van der Waals surface area contributed by atoms with Gasteiger partial charge in [0.1, 0.15) is 0 Å². The van der Waals surface area contributed by atoms with Crippen LogP contribution in [0, 0.1) is 0 Å². The van der Waals surface area contributed by atoms with E-state index in [1.807, 2.05) is 0 Å². The molecule has 0 radical (unpaired) electrons. The van der Waals surface area contributed by atoms with Gasteiger partial charge in [0.25, 0.3) is 0 Å². The number of hydrogen-bond acceptors (Lipinski definition) is 0. The fourth-order valence-corrected chi connectivity index (χ4v) is 4.81. The van der Waals surface area contributed by atoms with Crippen molar-refractivity contribution >= 4 is 13.9 Å². The summed E-state index contributed by atoms with van der Waals surface area (Å²) < 4.78 is 0.